The molecular formula is C15H23NO2S. The Hall–Kier alpha value is -0.870. The molecule has 1 saturated heterocycles. The van der Waals surface area contributed by atoms with E-state index in [0.29, 0.717) is 12.3 Å². The van der Waals surface area contributed by atoms with Crippen molar-refractivity contribution in [2.75, 3.05) is 26.8 Å². The Morgan fingerprint density at radius 3 is 3.21 bits per heavy atom. The highest BCUT2D eigenvalue weighted by Gasteiger charge is 2.23. The quantitative estimate of drug-likeness (QED) is 0.750. The van der Waals surface area contributed by atoms with E-state index in [0.717, 1.165) is 38.1 Å². The van der Waals surface area contributed by atoms with E-state index in [2.05, 4.69) is 10.3 Å². The minimum absolute atomic E-state index is 0.287. The van der Waals surface area contributed by atoms with Crippen molar-refractivity contribution in [1.82, 2.24) is 4.90 Å². The summed E-state index contributed by atoms with van der Waals surface area (Å²) in [5.41, 5.74) is 1.15. The van der Waals surface area contributed by atoms with Crippen LogP contribution in [0.3, 0.4) is 0 Å². The molecule has 0 bridgehead atoms. The molecule has 2 rings (SSSR count). The van der Waals surface area contributed by atoms with Crippen molar-refractivity contribution in [1.29, 1.82) is 0 Å². The van der Waals surface area contributed by atoms with Crippen molar-refractivity contribution >= 4 is 17.2 Å². The molecule has 2 heterocycles. The molecule has 1 aliphatic heterocycles. The molecule has 0 unspecified atom stereocenters. The number of amides is 1. The Morgan fingerprint density at radius 2 is 2.47 bits per heavy atom. The van der Waals surface area contributed by atoms with Crippen molar-refractivity contribution in [2.24, 2.45) is 5.92 Å². The van der Waals surface area contributed by atoms with Crippen LogP contribution in [0, 0.1) is 5.92 Å². The zero-order valence-corrected chi connectivity index (χ0v) is 12.5. The fraction of sp³-hybridized carbons (Fsp3) is 0.667. The second-order valence-electron chi connectivity index (χ2n) is 5.29. The van der Waals surface area contributed by atoms with Gasteiger partial charge < -0.3 is 9.64 Å². The van der Waals surface area contributed by atoms with Gasteiger partial charge >= 0.3 is 0 Å². The molecule has 4 heteroatoms. The number of ether oxygens (including phenoxy) is 1. The number of carbonyl (C=O) groups excluding carboxylic acids is 1. The van der Waals surface area contributed by atoms with Crippen molar-refractivity contribution in [2.45, 2.75) is 32.1 Å². The average Bonchev–Trinajstić information content (AvgIpc) is 2.92. The standard InChI is InChI=1S/C15H23NO2S/c1-18-8-3-5-13-4-2-7-16(11-13)15(17)10-14-6-9-19-12-14/h6,9,12-13H,2-5,7-8,10-11H2,1H3/t13-/m1/s1. The summed E-state index contributed by atoms with van der Waals surface area (Å²) in [6.45, 7) is 2.70. The highest BCUT2D eigenvalue weighted by Crippen LogP contribution is 2.22. The third kappa shape index (κ3) is 4.62. The second kappa shape index (κ2) is 7.65. The molecular weight excluding hydrogens is 258 g/mol. The van der Waals surface area contributed by atoms with Crippen molar-refractivity contribution < 1.29 is 9.53 Å². The van der Waals surface area contributed by atoms with Crippen LogP contribution in [0.1, 0.15) is 31.2 Å². The first-order valence-electron chi connectivity index (χ1n) is 7.07. The lowest BCUT2D eigenvalue weighted by Crippen LogP contribution is -2.40. The van der Waals surface area contributed by atoms with Gasteiger partial charge in [-0.25, -0.2) is 0 Å². The van der Waals surface area contributed by atoms with Crippen molar-refractivity contribution in [3.63, 3.8) is 0 Å². The molecule has 0 aliphatic carbocycles. The normalized spacial score (nSPS) is 19.6. The molecule has 1 aromatic rings. The minimum atomic E-state index is 0.287. The zero-order valence-electron chi connectivity index (χ0n) is 11.6. The van der Waals surface area contributed by atoms with Gasteiger partial charge in [-0.2, -0.15) is 11.3 Å². The fourth-order valence-electron chi connectivity index (χ4n) is 2.72. The Kier molecular flexibility index (Phi) is 5.86. The maximum Gasteiger partial charge on any atom is 0.227 e. The summed E-state index contributed by atoms with van der Waals surface area (Å²) >= 11 is 1.66. The summed E-state index contributed by atoms with van der Waals surface area (Å²) < 4.78 is 5.10. The number of thiophene rings is 1. The maximum atomic E-state index is 12.2. The van der Waals surface area contributed by atoms with Crippen LogP contribution >= 0.6 is 11.3 Å². The number of rotatable bonds is 6. The monoisotopic (exact) mass is 281 g/mol. The molecule has 19 heavy (non-hydrogen) atoms. The topological polar surface area (TPSA) is 29.5 Å². The minimum Gasteiger partial charge on any atom is -0.385 e. The molecule has 0 saturated carbocycles. The number of nitrogens with zero attached hydrogens (tertiary/aromatic N) is 1. The van der Waals surface area contributed by atoms with Crippen LogP contribution in [0.2, 0.25) is 0 Å². The van der Waals surface area contributed by atoms with E-state index >= 15 is 0 Å². The lowest BCUT2D eigenvalue weighted by molar-refractivity contribution is -0.132. The first-order chi connectivity index (χ1) is 9.29. The molecule has 1 atom stereocenters. The van der Waals surface area contributed by atoms with Gasteiger partial charge in [-0.1, -0.05) is 0 Å². The van der Waals surface area contributed by atoms with Crippen LogP contribution in [0.25, 0.3) is 0 Å². The van der Waals surface area contributed by atoms with Crippen LogP contribution in [0.5, 0.6) is 0 Å². The van der Waals surface area contributed by atoms with Crippen molar-refractivity contribution in [3.05, 3.63) is 22.4 Å². The lowest BCUT2D eigenvalue weighted by atomic mass is 9.93. The number of likely N-dealkylation sites (tertiary alicyclic amines) is 1. The Bertz CT molecular complexity index is 378. The van der Waals surface area contributed by atoms with E-state index in [1.165, 1.54) is 12.8 Å². The summed E-state index contributed by atoms with van der Waals surface area (Å²) in [4.78, 5) is 14.3. The molecule has 0 spiro atoms. The predicted molar refractivity (Wildman–Crippen MR) is 78.4 cm³/mol. The van der Waals surface area contributed by atoms with Crippen molar-refractivity contribution in [3.8, 4) is 0 Å². The average molecular weight is 281 g/mol. The van der Waals surface area contributed by atoms with E-state index < -0.39 is 0 Å². The Balaban J connectivity index is 1.78. The summed E-state index contributed by atoms with van der Waals surface area (Å²) in [7, 11) is 1.75. The zero-order chi connectivity index (χ0) is 13.5. The molecule has 1 aromatic heterocycles. The molecule has 1 amide bonds. The molecule has 106 valence electrons. The van der Waals surface area contributed by atoms with Gasteiger partial charge in [0.25, 0.3) is 0 Å². The number of piperidine rings is 1. The summed E-state index contributed by atoms with van der Waals surface area (Å²) in [6, 6.07) is 2.04. The van der Waals surface area contributed by atoms with Gasteiger partial charge in [0.05, 0.1) is 6.42 Å². The van der Waals surface area contributed by atoms with Gasteiger partial charge in [-0.05, 0) is 54.0 Å². The first-order valence-corrected chi connectivity index (χ1v) is 8.01. The van der Waals surface area contributed by atoms with E-state index in [1.54, 1.807) is 18.4 Å². The maximum absolute atomic E-state index is 12.2. The Morgan fingerprint density at radius 1 is 1.58 bits per heavy atom. The lowest BCUT2D eigenvalue weighted by Gasteiger charge is -2.33. The van der Waals surface area contributed by atoms with Gasteiger partial charge in [0.2, 0.25) is 5.91 Å². The summed E-state index contributed by atoms with van der Waals surface area (Å²) in [5.74, 6) is 0.949. The molecule has 0 radical (unpaired) electrons. The highest BCUT2D eigenvalue weighted by atomic mass is 32.1. The van der Waals surface area contributed by atoms with Crippen LogP contribution in [0.4, 0.5) is 0 Å². The smallest absolute Gasteiger partial charge is 0.227 e. The number of hydrogen-bond donors (Lipinski definition) is 0. The molecule has 1 fully saturated rings. The molecule has 1 aliphatic rings. The first kappa shape index (κ1) is 14.5. The third-order valence-corrected chi connectivity index (χ3v) is 4.50. The highest BCUT2D eigenvalue weighted by molar-refractivity contribution is 7.07. The Labute approximate surface area is 119 Å². The van der Waals surface area contributed by atoms with E-state index in [9.17, 15) is 4.79 Å². The van der Waals surface area contributed by atoms with Crippen LogP contribution in [-0.2, 0) is 16.0 Å². The number of carbonyl (C=O) groups is 1. The SMILES string of the molecule is COCCC[C@H]1CCCN(C(=O)Cc2ccsc2)C1. The van der Waals surface area contributed by atoms with Gasteiger partial charge in [-0.3, -0.25) is 4.79 Å². The van der Waals surface area contributed by atoms with Gasteiger partial charge in [0.1, 0.15) is 0 Å². The van der Waals surface area contributed by atoms with E-state index in [-0.39, 0.29) is 5.91 Å². The number of methoxy groups -OCH3 is 1. The van der Waals surface area contributed by atoms with E-state index in [4.69, 9.17) is 4.74 Å². The fourth-order valence-corrected chi connectivity index (χ4v) is 3.39. The predicted octanol–water partition coefficient (Wildman–Crippen LogP) is 2.96. The van der Waals surface area contributed by atoms with Crippen LogP contribution < -0.4 is 0 Å². The summed E-state index contributed by atoms with van der Waals surface area (Å²) in [5, 5.41) is 4.10. The number of hydrogen-bond acceptors (Lipinski definition) is 3. The third-order valence-electron chi connectivity index (χ3n) is 3.77. The van der Waals surface area contributed by atoms with Gasteiger partial charge in [0.15, 0.2) is 0 Å². The summed E-state index contributed by atoms with van der Waals surface area (Å²) in [6.07, 6.45) is 5.25. The van der Waals surface area contributed by atoms with Crippen LogP contribution in [0.15, 0.2) is 16.8 Å². The molecule has 0 N–H and O–H groups in total. The second-order valence-corrected chi connectivity index (χ2v) is 6.07. The van der Waals surface area contributed by atoms with Gasteiger partial charge in [0, 0.05) is 26.8 Å². The van der Waals surface area contributed by atoms with E-state index in [1.807, 2.05) is 11.4 Å². The molecule has 0 aromatic carbocycles. The molecule has 3 nitrogen and oxygen atoms in total. The van der Waals surface area contributed by atoms with Gasteiger partial charge in [-0.15, -0.1) is 0 Å². The largest absolute Gasteiger partial charge is 0.385 e. The van der Waals surface area contributed by atoms with Crippen LogP contribution in [-0.4, -0.2) is 37.6 Å².